The molecule has 0 saturated heterocycles. The summed E-state index contributed by atoms with van der Waals surface area (Å²) in [5.74, 6) is -1.29. The van der Waals surface area contributed by atoms with Gasteiger partial charge in [0.15, 0.2) is 6.61 Å². The van der Waals surface area contributed by atoms with Crippen molar-refractivity contribution in [3.63, 3.8) is 0 Å². The Bertz CT molecular complexity index is 795. The molecule has 6 nitrogen and oxygen atoms in total. The quantitative estimate of drug-likeness (QED) is 0.753. The monoisotopic (exact) mass is 375 g/mol. The van der Waals surface area contributed by atoms with E-state index in [2.05, 4.69) is 10.1 Å². The largest absolute Gasteiger partial charge is 0.465 e. The highest BCUT2D eigenvalue weighted by Crippen LogP contribution is 2.22. The van der Waals surface area contributed by atoms with E-state index >= 15 is 0 Å². The number of amides is 1. The molecule has 1 amide bonds. The standard InChI is InChI=1S/C19H21NO5S/c1-4-15-12(2)9-16(26-15)19(23)25-11-17(21)20-10-13-5-7-14(8-6-13)18(22)24-3/h5-9H,4,10-11H2,1-3H3,(H,20,21). The molecular formula is C19H21NO5S. The van der Waals surface area contributed by atoms with Gasteiger partial charge < -0.3 is 14.8 Å². The van der Waals surface area contributed by atoms with Crippen LogP contribution in [0.1, 0.15) is 43.0 Å². The second-order valence-corrected chi connectivity index (χ2v) is 6.75. The van der Waals surface area contributed by atoms with Crippen LogP contribution in [0.15, 0.2) is 30.3 Å². The molecule has 0 spiro atoms. The van der Waals surface area contributed by atoms with Gasteiger partial charge in [0, 0.05) is 11.4 Å². The summed E-state index contributed by atoms with van der Waals surface area (Å²) in [6.45, 7) is 3.91. The van der Waals surface area contributed by atoms with E-state index in [0.29, 0.717) is 10.4 Å². The number of carbonyl (C=O) groups is 3. The van der Waals surface area contributed by atoms with Crippen LogP contribution in [0.25, 0.3) is 0 Å². The Labute approximate surface area is 156 Å². The third-order valence-electron chi connectivity index (χ3n) is 3.74. The molecule has 1 aromatic heterocycles. The van der Waals surface area contributed by atoms with Crippen LogP contribution in [0.4, 0.5) is 0 Å². The summed E-state index contributed by atoms with van der Waals surface area (Å²) in [5, 5.41) is 2.67. The van der Waals surface area contributed by atoms with Crippen LogP contribution < -0.4 is 5.32 Å². The van der Waals surface area contributed by atoms with Crippen molar-refractivity contribution < 1.29 is 23.9 Å². The van der Waals surface area contributed by atoms with Gasteiger partial charge in [0.2, 0.25) is 0 Å². The van der Waals surface area contributed by atoms with Gasteiger partial charge in [-0.2, -0.15) is 0 Å². The highest BCUT2D eigenvalue weighted by molar-refractivity contribution is 7.14. The van der Waals surface area contributed by atoms with Crippen molar-refractivity contribution in [2.45, 2.75) is 26.8 Å². The molecule has 26 heavy (non-hydrogen) atoms. The maximum Gasteiger partial charge on any atom is 0.348 e. The number of esters is 2. The molecule has 7 heteroatoms. The lowest BCUT2D eigenvalue weighted by Crippen LogP contribution is -2.28. The van der Waals surface area contributed by atoms with Crippen LogP contribution in [-0.4, -0.2) is 31.6 Å². The zero-order valence-electron chi connectivity index (χ0n) is 15.0. The van der Waals surface area contributed by atoms with E-state index in [1.54, 1.807) is 30.3 Å². The molecule has 138 valence electrons. The molecule has 1 aromatic carbocycles. The lowest BCUT2D eigenvalue weighted by atomic mass is 10.1. The minimum absolute atomic E-state index is 0.274. The zero-order valence-corrected chi connectivity index (χ0v) is 15.8. The second-order valence-electron chi connectivity index (χ2n) is 5.61. The Balaban J connectivity index is 1.79. The van der Waals surface area contributed by atoms with Crippen molar-refractivity contribution in [1.29, 1.82) is 0 Å². The number of rotatable bonds is 7. The van der Waals surface area contributed by atoms with Crippen LogP contribution in [0, 0.1) is 6.92 Å². The van der Waals surface area contributed by atoms with Gasteiger partial charge in [-0.15, -0.1) is 11.3 Å². The Hall–Kier alpha value is -2.67. The van der Waals surface area contributed by atoms with Gasteiger partial charge in [-0.05, 0) is 42.7 Å². The van der Waals surface area contributed by atoms with Gasteiger partial charge in [0.1, 0.15) is 4.88 Å². The molecule has 0 radical (unpaired) electrons. The number of methoxy groups -OCH3 is 1. The van der Waals surface area contributed by atoms with Crippen molar-refractivity contribution in [2.24, 2.45) is 0 Å². The summed E-state index contributed by atoms with van der Waals surface area (Å²) in [4.78, 5) is 36.8. The minimum Gasteiger partial charge on any atom is -0.465 e. The normalized spacial score (nSPS) is 10.3. The van der Waals surface area contributed by atoms with Crippen molar-refractivity contribution >= 4 is 29.2 Å². The molecule has 1 N–H and O–H groups in total. The number of hydrogen-bond donors (Lipinski definition) is 1. The molecular weight excluding hydrogens is 354 g/mol. The topological polar surface area (TPSA) is 81.7 Å². The average Bonchev–Trinajstić information content (AvgIpc) is 3.05. The van der Waals surface area contributed by atoms with E-state index in [1.165, 1.54) is 18.4 Å². The summed E-state index contributed by atoms with van der Waals surface area (Å²) < 4.78 is 9.68. The maximum absolute atomic E-state index is 12.0. The third-order valence-corrected chi connectivity index (χ3v) is 5.10. The number of hydrogen-bond acceptors (Lipinski definition) is 6. The molecule has 1 heterocycles. The zero-order chi connectivity index (χ0) is 19.1. The molecule has 2 aromatic rings. The van der Waals surface area contributed by atoms with Gasteiger partial charge in [-0.25, -0.2) is 9.59 Å². The summed E-state index contributed by atoms with van der Waals surface area (Å²) in [6, 6.07) is 8.47. The number of thiophene rings is 1. The van der Waals surface area contributed by atoms with Gasteiger partial charge in [0.25, 0.3) is 5.91 Å². The number of carbonyl (C=O) groups excluding carboxylic acids is 3. The molecule has 0 atom stereocenters. The van der Waals surface area contributed by atoms with Crippen molar-refractivity contribution in [1.82, 2.24) is 5.32 Å². The Morgan fingerprint density at radius 2 is 1.81 bits per heavy atom. The van der Waals surface area contributed by atoms with E-state index in [0.717, 1.165) is 22.4 Å². The minimum atomic E-state index is -0.490. The molecule has 0 bridgehead atoms. The predicted molar refractivity (Wildman–Crippen MR) is 98.3 cm³/mol. The van der Waals surface area contributed by atoms with E-state index in [-0.39, 0.29) is 19.1 Å². The van der Waals surface area contributed by atoms with Crippen LogP contribution in [0.5, 0.6) is 0 Å². The van der Waals surface area contributed by atoms with Crippen molar-refractivity contribution in [2.75, 3.05) is 13.7 Å². The fraction of sp³-hybridized carbons (Fsp3) is 0.316. The van der Waals surface area contributed by atoms with Crippen molar-refractivity contribution in [3.05, 3.63) is 56.8 Å². The highest BCUT2D eigenvalue weighted by atomic mass is 32.1. The van der Waals surface area contributed by atoms with Crippen LogP contribution in [0.2, 0.25) is 0 Å². The second kappa shape index (κ2) is 9.15. The fourth-order valence-corrected chi connectivity index (χ4v) is 3.31. The van der Waals surface area contributed by atoms with E-state index in [4.69, 9.17) is 4.74 Å². The number of benzene rings is 1. The first-order valence-electron chi connectivity index (χ1n) is 8.15. The molecule has 0 fully saturated rings. The first kappa shape index (κ1) is 19.7. The van der Waals surface area contributed by atoms with Gasteiger partial charge in [-0.3, -0.25) is 4.79 Å². The maximum atomic E-state index is 12.0. The number of aryl methyl sites for hydroxylation is 2. The van der Waals surface area contributed by atoms with Crippen molar-refractivity contribution in [3.8, 4) is 0 Å². The Morgan fingerprint density at radius 3 is 2.38 bits per heavy atom. The molecule has 0 saturated carbocycles. The fourth-order valence-electron chi connectivity index (χ4n) is 2.30. The SMILES string of the molecule is CCc1sc(C(=O)OCC(=O)NCc2ccc(C(=O)OC)cc2)cc1C. The number of ether oxygens (including phenoxy) is 2. The lowest BCUT2D eigenvalue weighted by Gasteiger charge is -2.07. The summed E-state index contributed by atoms with van der Waals surface area (Å²) in [6.07, 6.45) is 0.860. The molecule has 2 rings (SSSR count). The number of nitrogens with one attached hydrogen (secondary N) is 1. The highest BCUT2D eigenvalue weighted by Gasteiger charge is 2.14. The van der Waals surface area contributed by atoms with Crippen LogP contribution in [-0.2, 0) is 27.2 Å². The van der Waals surface area contributed by atoms with E-state index < -0.39 is 11.9 Å². The predicted octanol–water partition coefficient (Wildman–Crippen LogP) is 2.88. The lowest BCUT2D eigenvalue weighted by molar-refractivity contribution is -0.124. The molecule has 0 aliphatic carbocycles. The smallest absolute Gasteiger partial charge is 0.348 e. The Morgan fingerprint density at radius 1 is 1.12 bits per heavy atom. The summed E-state index contributed by atoms with van der Waals surface area (Å²) >= 11 is 1.39. The molecule has 0 aliphatic rings. The van der Waals surface area contributed by atoms with E-state index in [9.17, 15) is 14.4 Å². The summed E-state index contributed by atoms with van der Waals surface area (Å²) in [7, 11) is 1.32. The van der Waals surface area contributed by atoms with Gasteiger partial charge in [-0.1, -0.05) is 19.1 Å². The van der Waals surface area contributed by atoms with E-state index in [1.807, 2.05) is 13.8 Å². The third kappa shape index (κ3) is 5.16. The first-order chi connectivity index (χ1) is 12.4. The average molecular weight is 375 g/mol. The summed E-state index contributed by atoms with van der Waals surface area (Å²) in [5.41, 5.74) is 2.32. The Kier molecular flexibility index (Phi) is 6.91. The van der Waals surface area contributed by atoms with Crippen LogP contribution >= 0.6 is 11.3 Å². The molecule has 0 aliphatic heterocycles. The molecule has 0 unspecified atom stereocenters. The van der Waals surface area contributed by atoms with Gasteiger partial charge in [0.05, 0.1) is 12.7 Å². The van der Waals surface area contributed by atoms with Crippen LogP contribution in [0.3, 0.4) is 0 Å². The van der Waals surface area contributed by atoms with Gasteiger partial charge >= 0.3 is 11.9 Å². The first-order valence-corrected chi connectivity index (χ1v) is 8.96.